The molecule has 4 aromatic carbocycles. The van der Waals surface area contributed by atoms with Crippen LogP contribution in [0.5, 0.6) is 5.75 Å². The summed E-state index contributed by atoms with van der Waals surface area (Å²) < 4.78 is 8.80. The summed E-state index contributed by atoms with van der Waals surface area (Å²) in [6, 6.07) is 30.4. The third-order valence-corrected chi connectivity index (χ3v) is 8.06. The monoisotopic (exact) mass is 524 g/mol. The van der Waals surface area contributed by atoms with Crippen LogP contribution in [0.15, 0.2) is 91.0 Å². The molecule has 0 unspecified atom stereocenters. The molecule has 0 bridgehead atoms. The highest BCUT2D eigenvalue weighted by molar-refractivity contribution is 7.26. The van der Waals surface area contributed by atoms with Crippen LogP contribution < -0.4 is 10.5 Å². The number of ether oxygens (including phenoxy) is 1. The number of rotatable bonds is 11. The van der Waals surface area contributed by atoms with Crippen molar-refractivity contribution in [1.29, 1.82) is 0 Å². The SMILES string of the molecule is Cc1cccc(COc2ccccc2CN(CC[C@H](N)C(=O)O)Cc2cccc3c2sc2ccccc23)c1. The van der Waals surface area contributed by atoms with Crippen molar-refractivity contribution < 1.29 is 14.6 Å². The quantitative estimate of drug-likeness (QED) is 0.200. The molecule has 0 saturated heterocycles. The van der Waals surface area contributed by atoms with Gasteiger partial charge in [-0.2, -0.15) is 0 Å². The molecule has 0 amide bonds. The molecule has 6 heteroatoms. The first-order chi connectivity index (χ1) is 18.5. The fraction of sp³-hybridized carbons (Fsp3) is 0.219. The van der Waals surface area contributed by atoms with Crippen LogP contribution in [0, 0.1) is 6.92 Å². The minimum atomic E-state index is -0.974. The van der Waals surface area contributed by atoms with Crippen molar-refractivity contribution in [2.24, 2.45) is 5.73 Å². The normalized spacial score (nSPS) is 12.3. The van der Waals surface area contributed by atoms with Crippen LogP contribution in [-0.2, 0) is 24.5 Å². The zero-order chi connectivity index (χ0) is 26.5. The number of aryl methyl sites for hydroxylation is 1. The maximum Gasteiger partial charge on any atom is 0.320 e. The van der Waals surface area contributed by atoms with Gasteiger partial charge in [0.25, 0.3) is 0 Å². The van der Waals surface area contributed by atoms with E-state index in [1.807, 2.05) is 24.3 Å². The molecule has 1 aromatic heterocycles. The Kier molecular flexibility index (Phi) is 8.03. The van der Waals surface area contributed by atoms with Gasteiger partial charge in [-0.1, -0.05) is 84.4 Å². The Labute approximate surface area is 227 Å². The lowest BCUT2D eigenvalue weighted by molar-refractivity contribution is -0.138. The number of thiophene rings is 1. The van der Waals surface area contributed by atoms with Gasteiger partial charge in [0.05, 0.1) is 0 Å². The summed E-state index contributed by atoms with van der Waals surface area (Å²) in [7, 11) is 0. The van der Waals surface area contributed by atoms with Crippen molar-refractivity contribution in [2.75, 3.05) is 6.54 Å². The maximum atomic E-state index is 11.4. The van der Waals surface area contributed by atoms with Crippen molar-refractivity contribution in [3.63, 3.8) is 0 Å². The Bertz CT molecular complexity index is 1560. The van der Waals surface area contributed by atoms with E-state index in [2.05, 4.69) is 78.6 Å². The zero-order valence-corrected chi connectivity index (χ0v) is 22.3. The summed E-state index contributed by atoms with van der Waals surface area (Å²) in [4.78, 5) is 13.7. The second-order valence-corrected chi connectivity index (χ2v) is 10.8. The van der Waals surface area contributed by atoms with Gasteiger partial charge in [0.15, 0.2) is 0 Å². The zero-order valence-electron chi connectivity index (χ0n) is 21.5. The van der Waals surface area contributed by atoms with Gasteiger partial charge in [0, 0.05) is 45.4 Å². The Morgan fingerprint density at radius 2 is 1.63 bits per heavy atom. The predicted molar refractivity (Wildman–Crippen MR) is 156 cm³/mol. The Morgan fingerprint density at radius 1 is 0.921 bits per heavy atom. The summed E-state index contributed by atoms with van der Waals surface area (Å²) >= 11 is 1.81. The number of para-hydroxylation sites is 1. The van der Waals surface area contributed by atoms with E-state index in [0.717, 1.165) is 16.9 Å². The number of hydrogen-bond donors (Lipinski definition) is 2. The molecule has 0 aliphatic carbocycles. The lowest BCUT2D eigenvalue weighted by Crippen LogP contribution is -2.35. The third kappa shape index (κ3) is 6.05. The van der Waals surface area contributed by atoms with Crippen molar-refractivity contribution >= 4 is 37.5 Å². The molecule has 0 saturated carbocycles. The molecule has 194 valence electrons. The highest BCUT2D eigenvalue weighted by Gasteiger charge is 2.18. The van der Waals surface area contributed by atoms with E-state index in [0.29, 0.717) is 32.7 Å². The smallest absolute Gasteiger partial charge is 0.320 e. The van der Waals surface area contributed by atoms with E-state index in [4.69, 9.17) is 10.5 Å². The van der Waals surface area contributed by atoms with Gasteiger partial charge < -0.3 is 15.6 Å². The number of benzene rings is 4. The minimum absolute atomic E-state index is 0.365. The highest BCUT2D eigenvalue weighted by Crippen LogP contribution is 2.36. The second-order valence-electron chi connectivity index (χ2n) is 9.72. The van der Waals surface area contributed by atoms with E-state index in [-0.39, 0.29) is 0 Å². The number of hydrogen-bond acceptors (Lipinski definition) is 5. The van der Waals surface area contributed by atoms with E-state index in [1.54, 1.807) is 11.3 Å². The molecule has 0 fully saturated rings. The van der Waals surface area contributed by atoms with Crippen molar-refractivity contribution in [3.8, 4) is 5.75 Å². The molecule has 38 heavy (non-hydrogen) atoms. The summed E-state index contributed by atoms with van der Waals surface area (Å²) in [6.07, 6.45) is 0.365. The molecule has 1 heterocycles. The standard InChI is InChI=1S/C32H32N2O3S/c1-22-8-6-9-23(18-22)21-37-29-14-4-2-10-24(29)19-34(17-16-28(33)32(35)36)20-25-11-7-13-27-26-12-3-5-15-30(26)38-31(25)27/h2-15,18,28H,16-17,19-21,33H2,1H3,(H,35,36)/t28-/m0/s1. The lowest BCUT2D eigenvalue weighted by Gasteiger charge is -2.25. The van der Waals surface area contributed by atoms with Crippen LogP contribution in [0.4, 0.5) is 0 Å². The van der Waals surface area contributed by atoms with Crippen molar-refractivity contribution in [1.82, 2.24) is 4.90 Å². The highest BCUT2D eigenvalue weighted by atomic mass is 32.1. The number of nitrogens with zero attached hydrogens (tertiary/aromatic N) is 1. The topological polar surface area (TPSA) is 75.8 Å². The Hall–Kier alpha value is -3.71. The number of carbonyl (C=O) groups is 1. The van der Waals surface area contributed by atoms with Crippen LogP contribution in [0.25, 0.3) is 20.2 Å². The van der Waals surface area contributed by atoms with Crippen LogP contribution in [0.1, 0.15) is 28.7 Å². The van der Waals surface area contributed by atoms with Gasteiger partial charge in [0.2, 0.25) is 0 Å². The first-order valence-electron chi connectivity index (χ1n) is 12.8. The number of carboxylic acid groups (broad SMARTS) is 1. The van der Waals surface area contributed by atoms with Crippen molar-refractivity contribution in [2.45, 2.75) is 39.1 Å². The Morgan fingerprint density at radius 3 is 2.47 bits per heavy atom. The molecule has 5 aromatic rings. The van der Waals surface area contributed by atoms with Gasteiger partial charge in [-0.15, -0.1) is 11.3 Å². The molecule has 0 spiro atoms. The number of fused-ring (bicyclic) bond motifs is 3. The molecular formula is C32H32N2O3S. The molecule has 3 N–H and O–H groups in total. The Balaban J connectivity index is 1.41. The van der Waals surface area contributed by atoms with Gasteiger partial charge in [-0.3, -0.25) is 9.69 Å². The summed E-state index contributed by atoms with van der Waals surface area (Å²) in [5.74, 6) is -0.139. The molecule has 0 aliphatic heterocycles. The molecule has 5 nitrogen and oxygen atoms in total. The molecular weight excluding hydrogens is 492 g/mol. The van der Waals surface area contributed by atoms with E-state index in [9.17, 15) is 9.90 Å². The largest absolute Gasteiger partial charge is 0.489 e. The molecule has 1 atom stereocenters. The van der Waals surface area contributed by atoms with Crippen LogP contribution in [-0.4, -0.2) is 28.6 Å². The number of carboxylic acids is 1. The number of nitrogens with two attached hydrogens (primary N) is 1. The molecule has 0 aliphatic rings. The average molecular weight is 525 g/mol. The summed E-state index contributed by atoms with van der Waals surface area (Å²) in [6.45, 7) is 4.43. The van der Waals surface area contributed by atoms with Gasteiger partial charge >= 0.3 is 5.97 Å². The first-order valence-corrected chi connectivity index (χ1v) is 13.7. The van der Waals surface area contributed by atoms with Gasteiger partial charge in [0.1, 0.15) is 18.4 Å². The molecule has 0 radical (unpaired) electrons. The van der Waals surface area contributed by atoms with Gasteiger partial charge in [-0.05, 0) is 36.6 Å². The third-order valence-electron chi connectivity index (χ3n) is 6.80. The van der Waals surface area contributed by atoms with E-state index < -0.39 is 12.0 Å². The first kappa shape index (κ1) is 25.9. The second kappa shape index (κ2) is 11.8. The van der Waals surface area contributed by atoms with Crippen molar-refractivity contribution in [3.05, 3.63) is 113 Å². The maximum absolute atomic E-state index is 11.4. The van der Waals surface area contributed by atoms with E-state index >= 15 is 0 Å². The fourth-order valence-corrected chi connectivity index (χ4v) is 6.02. The van der Waals surface area contributed by atoms with Gasteiger partial charge in [-0.25, -0.2) is 0 Å². The van der Waals surface area contributed by atoms with Crippen LogP contribution in [0.3, 0.4) is 0 Å². The fourth-order valence-electron chi connectivity index (χ4n) is 4.81. The summed E-state index contributed by atoms with van der Waals surface area (Å²) in [5.41, 5.74) is 10.5. The van der Waals surface area contributed by atoms with Crippen LogP contribution in [0.2, 0.25) is 0 Å². The average Bonchev–Trinajstić information content (AvgIpc) is 3.31. The van der Waals surface area contributed by atoms with Crippen LogP contribution >= 0.6 is 11.3 Å². The number of aliphatic carboxylic acids is 1. The molecule has 5 rings (SSSR count). The minimum Gasteiger partial charge on any atom is -0.489 e. The van der Waals surface area contributed by atoms with E-state index in [1.165, 1.54) is 31.3 Å². The predicted octanol–water partition coefficient (Wildman–Crippen LogP) is 6.75. The lowest BCUT2D eigenvalue weighted by atomic mass is 10.1. The summed E-state index contributed by atoms with van der Waals surface area (Å²) in [5, 5.41) is 11.9.